The van der Waals surface area contributed by atoms with Crippen molar-refractivity contribution in [2.24, 2.45) is 0 Å². The molecule has 1 unspecified atom stereocenters. The Hall–Kier alpha value is -3.03. The Morgan fingerprint density at radius 2 is 2.08 bits per heavy atom. The number of carbonyl (C=O) groups is 1. The molecule has 1 aromatic heterocycles. The molecule has 1 atom stereocenters. The number of amides is 1. The molecule has 1 aliphatic heterocycles. The van der Waals surface area contributed by atoms with Gasteiger partial charge in [0.2, 0.25) is 6.79 Å². The summed E-state index contributed by atoms with van der Waals surface area (Å²) in [6.07, 6.45) is -0.690. The van der Waals surface area contributed by atoms with Crippen LogP contribution in [0.5, 0.6) is 17.2 Å². The van der Waals surface area contributed by atoms with E-state index >= 15 is 0 Å². The van der Waals surface area contributed by atoms with Gasteiger partial charge in [0, 0.05) is 30.5 Å². The van der Waals surface area contributed by atoms with E-state index in [1.807, 2.05) is 13.0 Å². The summed E-state index contributed by atoms with van der Waals surface area (Å²) in [4.78, 5) is 28.0. The van der Waals surface area contributed by atoms with Crippen molar-refractivity contribution in [3.8, 4) is 17.2 Å². The highest BCUT2D eigenvalue weighted by Crippen LogP contribution is 2.35. The molecule has 2 heterocycles. The molecule has 1 N–H and O–H groups in total. The number of ether oxygens (including phenoxy) is 3. The fourth-order valence-corrected chi connectivity index (χ4v) is 2.69. The number of nitrogens with one attached hydrogen (secondary N) is 1. The molecule has 0 spiro atoms. The van der Waals surface area contributed by atoms with Crippen molar-refractivity contribution in [1.82, 2.24) is 14.9 Å². The third kappa shape index (κ3) is 3.96. The van der Waals surface area contributed by atoms with Gasteiger partial charge in [-0.2, -0.15) is 4.98 Å². The van der Waals surface area contributed by atoms with Gasteiger partial charge < -0.3 is 19.5 Å². The number of carbonyl (C=O) groups excluding carboxylic acids is 1. The van der Waals surface area contributed by atoms with Gasteiger partial charge in [0.1, 0.15) is 5.75 Å². The number of benzene rings is 1. The van der Waals surface area contributed by atoms with Crippen LogP contribution >= 0.6 is 0 Å². The van der Waals surface area contributed by atoms with Crippen molar-refractivity contribution in [3.63, 3.8) is 0 Å². The predicted molar refractivity (Wildman–Crippen MR) is 93.6 cm³/mol. The number of aryl methyl sites for hydroxylation is 2. The molecule has 0 radical (unpaired) electrons. The van der Waals surface area contributed by atoms with Crippen LogP contribution in [-0.4, -0.2) is 34.9 Å². The minimum atomic E-state index is -0.690. The van der Waals surface area contributed by atoms with Crippen LogP contribution in [-0.2, 0) is 11.3 Å². The zero-order chi connectivity index (χ0) is 18.7. The van der Waals surface area contributed by atoms with E-state index in [1.165, 1.54) is 4.57 Å². The van der Waals surface area contributed by atoms with E-state index in [-0.39, 0.29) is 18.4 Å². The van der Waals surface area contributed by atoms with Crippen LogP contribution in [0.25, 0.3) is 0 Å². The Bertz CT molecular complexity index is 878. The summed E-state index contributed by atoms with van der Waals surface area (Å²) in [6, 6.07) is 6.97. The van der Waals surface area contributed by atoms with Gasteiger partial charge in [0.15, 0.2) is 17.6 Å². The zero-order valence-corrected chi connectivity index (χ0v) is 14.9. The van der Waals surface area contributed by atoms with E-state index < -0.39 is 6.10 Å². The van der Waals surface area contributed by atoms with Crippen LogP contribution in [0.15, 0.2) is 29.1 Å². The van der Waals surface area contributed by atoms with Gasteiger partial charge in [-0.3, -0.25) is 9.36 Å². The van der Waals surface area contributed by atoms with E-state index in [1.54, 1.807) is 32.0 Å². The Kier molecular flexibility index (Phi) is 5.11. The second kappa shape index (κ2) is 7.47. The summed E-state index contributed by atoms with van der Waals surface area (Å²) in [6.45, 7) is 6.10. The lowest BCUT2D eigenvalue weighted by Gasteiger charge is -2.16. The molecule has 1 aromatic carbocycles. The van der Waals surface area contributed by atoms with Crippen molar-refractivity contribution >= 4 is 5.91 Å². The molecule has 0 saturated heterocycles. The topological polar surface area (TPSA) is 91.7 Å². The minimum Gasteiger partial charge on any atom is -0.481 e. The lowest BCUT2D eigenvalue weighted by Crippen LogP contribution is -2.39. The lowest BCUT2D eigenvalue weighted by atomic mass is 10.3. The molecule has 0 aliphatic carbocycles. The van der Waals surface area contributed by atoms with Crippen LogP contribution in [0, 0.1) is 13.8 Å². The number of rotatable bonds is 6. The monoisotopic (exact) mass is 359 g/mol. The number of fused-ring (bicyclic) bond motifs is 1. The Balaban J connectivity index is 1.53. The summed E-state index contributed by atoms with van der Waals surface area (Å²) >= 11 is 0. The second-order valence-electron chi connectivity index (χ2n) is 6.04. The molecule has 138 valence electrons. The highest BCUT2D eigenvalue weighted by Gasteiger charge is 2.18. The quantitative estimate of drug-likeness (QED) is 0.833. The molecule has 0 bridgehead atoms. The van der Waals surface area contributed by atoms with Crippen LogP contribution in [0.3, 0.4) is 0 Å². The lowest BCUT2D eigenvalue weighted by molar-refractivity contribution is -0.127. The summed E-state index contributed by atoms with van der Waals surface area (Å²) in [7, 11) is 0. The van der Waals surface area contributed by atoms with E-state index in [0.717, 1.165) is 5.69 Å². The molecule has 1 amide bonds. The summed E-state index contributed by atoms with van der Waals surface area (Å²) < 4.78 is 17.7. The number of aromatic nitrogens is 2. The van der Waals surface area contributed by atoms with E-state index in [2.05, 4.69) is 10.3 Å². The van der Waals surface area contributed by atoms with Gasteiger partial charge in [0.25, 0.3) is 5.91 Å². The Morgan fingerprint density at radius 1 is 1.31 bits per heavy atom. The van der Waals surface area contributed by atoms with Crippen molar-refractivity contribution in [3.05, 3.63) is 46.1 Å². The maximum atomic E-state index is 12.2. The van der Waals surface area contributed by atoms with Gasteiger partial charge in [-0.15, -0.1) is 0 Å². The number of hydrogen-bond donors (Lipinski definition) is 1. The molecular formula is C18H21N3O5. The van der Waals surface area contributed by atoms with E-state index in [4.69, 9.17) is 14.2 Å². The maximum Gasteiger partial charge on any atom is 0.348 e. The Morgan fingerprint density at radius 3 is 2.85 bits per heavy atom. The fourth-order valence-electron chi connectivity index (χ4n) is 2.69. The molecule has 1 aliphatic rings. The largest absolute Gasteiger partial charge is 0.481 e. The third-order valence-electron chi connectivity index (χ3n) is 4.01. The zero-order valence-electron chi connectivity index (χ0n) is 14.9. The predicted octanol–water partition coefficient (Wildman–Crippen LogP) is 1.17. The number of nitrogens with zero attached hydrogens (tertiary/aromatic N) is 2. The molecule has 8 nitrogen and oxygen atoms in total. The smallest absolute Gasteiger partial charge is 0.348 e. The highest BCUT2D eigenvalue weighted by molar-refractivity contribution is 5.80. The first-order valence-electron chi connectivity index (χ1n) is 8.33. The standard InChI is InChI=1S/C18H21N3O5/c1-11-8-12(2)21(18(23)20-11)7-6-19-17(22)13(3)26-14-4-5-15-16(9-14)25-10-24-15/h4-5,8-9,13H,6-7,10H2,1-3H3,(H,19,22). The summed E-state index contributed by atoms with van der Waals surface area (Å²) in [5.41, 5.74) is 1.17. The van der Waals surface area contributed by atoms with Crippen LogP contribution in [0.4, 0.5) is 0 Å². The molecule has 2 aromatic rings. The van der Waals surface area contributed by atoms with Gasteiger partial charge in [-0.1, -0.05) is 0 Å². The number of hydrogen-bond acceptors (Lipinski definition) is 6. The first-order valence-corrected chi connectivity index (χ1v) is 8.33. The van der Waals surface area contributed by atoms with Crippen LogP contribution in [0.2, 0.25) is 0 Å². The van der Waals surface area contributed by atoms with Crippen molar-refractivity contribution in [2.75, 3.05) is 13.3 Å². The molecule has 0 fully saturated rings. The van der Waals surface area contributed by atoms with Gasteiger partial charge in [-0.05, 0) is 39.0 Å². The Labute approximate surface area is 150 Å². The second-order valence-corrected chi connectivity index (χ2v) is 6.04. The van der Waals surface area contributed by atoms with E-state index in [0.29, 0.717) is 36.0 Å². The molecular weight excluding hydrogens is 338 g/mol. The molecule has 3 rings (SSSR count). The average molecular weight is 359 g/mol. The van der Waals surface area contributed by atoms with Gasteiger partial charge >= 0.3 is 5.69 Å². The first kappa shape index (κ1) is 17.8. The van der Waals surface area contributed by atoms with Crippen molar-refractivity contribution in [1.29, 1.82) is 0 Å². The van der Waals surface area contributed by atoms with Crippen LogP contribution in [0.1, 0.15) is 18.3 Å². The van der Waals surface area contributed by atoms with Crippen LogP contribution < -0.4 is 25.2 Å². The first-order chi connectivity index (χ1) is 12.4. The highest BCUT2D eigenvalue weighted by atomic mass is 16.7. The van der Waals surface area contributed by atoms with Crippen molar-refractivity contribution < 1.29 is 19.0 Å². The normalized spacial score (nSPS) is 13.3. The average Bonchev–Trinajstić information content (AvgIpc) is 3.04. The van der Waals surface area contributed by atoms with Crippen molar-refractivity contribution in [2.45, 2.75) is 33.4 Å². The third-order valence-corrected chi connectivity index (χ3v) is 4.01. The summed E-state index contributed by atoms with van der Waals surface area (Å²) in [5, 5.41) is 2.77. The maximum absolute atomic E-state index is 12.2. The molecule has 26 heavy (non-hydrogen) atoms. The van der Waals surface area contributed by atoms with E-state index in [9.17, 15) is 9.59 Å². The van der Waals surface area contributed by atoms with Gasteiger partial charge in [-0.25, -0.2) is 4.79 Å². The van der Waals surface area contributed by atoms with Gasteiger partial charge in [0.05, 0.1) is 0 Å². The SMILES string of the molecule is Cc1cc(C)n(CCNC(=O)C(C)Oc2ccc3c(c2)OCO3)c(=O)n1. The molecule has 0 saturated carbocycles. The fraction of sp³-hybridized carbons (Fsp3) is 0.389. The summed E-state index contributed by atoms with van der Waals surface area (Å²) in [5.74, 6) is 1.50. The molecule has 8 heteroatoms. The minimum absolute atomic E-state index is 0.182.